The Kier molecular flexibility index (Phi) is 6.43. The normalized spacial score (nSPS) is 15.9. The number of benzene rings is 1. The molecule has 3 aromatic rings. The van der Waals surface area contributed by atoms with Gasteiger partial charge in [-0.2, -0.15) is 0 Å². The first-order chi connectivity index (χ1) is 14.9. The predicted octanol–water partition coefficient (Wildman–Crippen LogP) is 5.04. The molecule has 4 rings (SSSR count). The number of nitrogens with zero attached hydrogens (tertiary/aromatic N) is 2. The number of ether oxygens (including phenoxy) is 2. The van der Waals surface area contributed by atoms with Gasteiger partial charge in [-0.3, -0.25) is 10.1 Å². The summed E-state index contributed by atoms with van der Waals surface area (Å²) in [5.74, 6) is 0.482. The molecular formula is C24H29N3O3S. The molecule has 1 aliphatic rings. The molecule has 0 spiro atoms. The molecule has 1 fully saturated rings. The Morgan fingerprint density at radius 3 is 2.71 bits per heavy atom. The van der Waals surface area contributed by atoms with E-state index in [1.165, 1.54) is 22.7 Å². The topological polar surface area (TPSA) is 65.4 Å². The first kappa shape index (κ1) is 21.6. The second-order valence-electron chi connectivity index (χ2n) is 8.23. The second-order valence-corrected chi connectivity index (χ2v) is 9.09. The van der Waals surface area contributed by atoms with E-state index in [0.717, 1.165) is 48.4 Å². The molecule has 164 valence electrons. The molecule has 2 aromatic heterocycles. The Hall–Kier alpha value is -2.64. The van der Waals surface area contributed by atoms with E-state index in [9.17, 15) is 4.79 Å². The van der Waals surface area contributed by atoms with Crippen LogP contribution in [0.4, 0.5) is 5.13 Å². The van der Waals surface area contributed by atoms with Gasteiger partial charge in [0.05, 0.1) is 11.8 Å². The number of hydrogen-bond acceptors (Lipinski definition) is 5. The summed E-state index contributed by atoms with van der Waals surface area (Å²) in [5.41, 5.74) is 6.56. The molecule has 0 bridgehead atoms. The van der Waals surface area contributed by atoms with Crippen LogP contribution < -0.4 is 10.1 Å². The molecule has 31 heavy (non-hydrogen) atoms. The Labute approximate surface area is 187 Å². The Morgan fingerprint density at radius 2 is 2.00 bits per heavy atom. The molecule has 6 nitrogen and oxygen atoms in total. The highest BCUT2D eigenvalue weighted by Crippen LogP contribution is 2.31. The van der Waals surface area contributed by atoms with Crippen LogP contribution in [0.1, 0.15) is 35.4 Å². The fourth-order valence-corrected chi connectivity index (χ4v) is 4.84. The number of carbonyl (C=O) groups excluding carboxylic acids is 1. The van der Waals surface area contributed by atoms with Gasteiger partial charge in [-0.15, -0.1) is 11.3 Å². The van der Waals surface area contributed by atoms with Crippen molar-refractivity contribution in [3.63, 3.8) is 0 Å². The van der Waals surface area contributed by atoms with Crippen molar-refractivity contribution in [3.05, 3.63) is 52.2 Å². The summed E-state index contributed by atoms with van der Waals surface area (Å²) < 4.78 is 13.8. The molecular weight excluding hydrogens is 410 g/mol. The van der Waals surface area contributed by atoms with Gasteiger partial charge in [0.1, 0.15) is 5.75 Å². The molecule has 3 heterocycles. The van der Waals surface area contributed by atoms with Crippen LogP contribution in [0, 0.1) is 27.7 Å². The van der Waals surface area contributed by atoms with E-state index in [2.05, 4.69) is 40.8 Å². The van der Waals surface area contributed by atoms with Crippen LogP contribution in [0.5, 0.6) is 5.75 Å². The number of aryl methyl sites for hydroxylation is 3. The van der Waals surface area contributed by atoms with Crippen LogP contribution in [0.25, 0.3) is 11.3 Å². The highest BCUT2D eigenvalue weighted by molar-refractivity contribution is 7.14. The van der Waals surface area contributed by atoms with Crippen molar-refractivity contribution in [2.45, 2.75) is 53.2 Å². The van der Waals surface area contributed by atoms with E-state index in [0.29, 0.717) is 17.0 Å². The molecule has 0 saturated carbocycles. The summed E-state index contributed by atoms with van der Waals surface area (Å²) in [4.78, 5) is 17.0. The summed E-state index contributed by atoms with van der Waals surface area (Å²) >= 11 is 1.42. The van der Waals surface area contributed by atoms with Crippen molar-refractivity contribution >= 4 is 22.4 Å². The van der Waals surface area contributed by atoms with E-state index in [4.69, 9.17) is 9.47 Å². The number of hydrogen-bond donors (Lipinski definition) is 1. The van der Waals surface area contributed by atoms with Crippen molar-refractivity contribution in [2.75, 3.05) is 18.5 Å². The fraction of sp³-hybridized carbons (Fsp3) is 0.417. The van der Waals surface area contributed by atoms with Crippen LogP contribution in [-0.4, -0.2) is 34.8 Å². The number of nitrogens with one attached hydrogen (secondary N) is 1. The quantitative estimate of drug-likeness (QED) is 0.560. The van der Waals surface area contributed by atoms with Crippen LogP contribution in [0.2, 0.25) is 0 Å². The third-order valence-corrected chi connectivity index (χ3v) is 6.33. The number of amides is 1. The Bertz CT molecular complexity index is 1060. The van der Waals surface area contributed by atoms with E-state index in [1.807, 2.05) is 31.4 Å². The minimum absolute atomic E-state index is 0.0479. The Morgan fingerprint density at radius 1 is 1.23 bits per heavy atom. The molecule has 1 atom stereocenters. The van der Waals surface area contributed by atoms with E-state index in [1.54, 1.807) is 0 Å². The van der Waals surface area contributed by atoms with Gasteiger partial charge >= 0.3 is 0 Å². The molecule has 1 amide bonds. The summed E-state index contributed by atoms with van der Waals surface area (Å²) in [6, 6.07) is 8.08. The number of aromatic nitrogens is 2. The fourth-order valence-electron chi connectivity index (χ4n) is 4.11. The zero-order valence-electron chi connectivity index (χ0n) is 18.5. The van der Waals surface area contributed by atoms with Gasteiger partial charge in [-0.1, -0.05) is 6.07 Å². The largest absolute Gasteiger partial charge is 0.484 e. The average molecular weight is 440 g/mol. The van der Waals surface area contributed by atoms with Gasteiger partial charge in [-0.25, -0.2) is 4.98 Å². The van der Waals surface area contributed by atoms with Crippen molar-refractivity contribution in [1.29, 1.82) is 0 Å². The van der Waals surface area contributed by atoms with Crippen molar-refractivity contribution < 1.29 is 14.3 Å². The number of thiazole rings is 1. The maximum atomic E-state index is 12.3. The molecule has 1 aromatic carbocycles. The van der Waals surface area contributed by atoms with Gasteiger partial charge in [0.15, 0.2) is 11.7 Å². The van der Waals surface area contributed by atoms with Gasteiger partial charge in [-0.05, 0) is 69.9 Å². The van der Waals surface area contributed by atoms with Crippen molar-refractivity contribution in [3.8, 4) is 17.0 Å². The van der Waals surface area contributed by atoms with Gasteiger partial charge in [0.2, 0.25) is 0 Å². The smallest absolute Gasteiger partial charge is 0.264 e. The zero-order valence-corrected chi connectivity index (χ0v) is 19.3. The molecule has 1 aliphatic heterocycles. The Balaban J connectivity index is 1.39. The minimum Gasteiger partial charge on any atom is -0.484 e. The first-order valence-electron chi connectivity index (χ1n) is 10.6. The predicted molar refractivity (Wildman–Crippen MR) is 124 cm³/mol. The van der Waals surface area contributed by atoms with E-state index in [-0.39, 0.29) is 12.5 Å². The lowest BCUT2D eigenvalue weighted by Gasteiger charge is -2.14. The monoisotopic (exact) mass is 439 g/mol. The summed E-state index contributed by atoms with van der Waals surface area (Å²) in [6.45, 7) is 9.94. The summed E-state index contributed by atoms with van der Waals surface area (Å²) in [6.07, 6.45) is 2.54. The van der Waals surface area contributed by atoms with Crippen LogP contribution >= 0.6 is 11.3 Å². The molecule has 0 unspecified atom stereocenters. The average Bonchev–Trinajstić information content (AvgIpc) is 3.44. The standard InChI is InChI=1S/C24H29N3O3S/c1-15-8-16(2)10-20(9-15)30-13-23(28)26-24-25-22(14-31-24)21-11-17(3)27(18(21)4)12-19-6-5-7-29-19/h8-11,14,19H,5-7,12-13H2,1-4H3,(H,25,26,28)/t19-/m1/s1. The third kappa shape index (κ3) is 5.17. The summed E-state index contributed by atoms with van der Waals surface area (Å²) in [5, 5.41) is 5.41. The lowest BCUT2D eigenvalue weighted by atomic mass is 10.1. The van der Waals surface area contributed by atoms with E-state index < -0.39 is 0 Å². The maximum absolute atomic E-state index is 12.3. The van der Waals surface area contributed by atoms with Gasteiger partial charge < -0.3 is 14.0 Å². The number of rotatable bonds is 7. The van der Waals surface area contributed by atoms with Crippen LogP contribution in [-0.2, 0) is 16.1 Å². The van der Waals surface area contributed by atoms with Crippen molar-refractivity contribution in [2.24, 2.45) is 0 Å². The molecule has 1 N–H and O–H groups in total. The van der Waals surface area contributed by atoms with Crippen molar-refractivity contribution in [1.82, 2.24) is 9.55 Å². The van der Waals surface area contributed by atoms with Crippen LogP contribution in [0.15, 0.2) is 29.6 Å². The highest BCUT2D eigenvalue weighted by Gasteiger charge is 2.20. The van der Waals surface area contributed by atoms with Gasteiger partial charge in [0.25, 0.3) is 5.91 Å². The highest BCUT2D eigenvalue weighted by atomic mass is 32.1. The lowest BCUT2D eigenvalue weighted by molar-refractivity contribution is -0.118. The molecule has 1 saturated heterocycles. The second kappa shape index (κ2) is 9.24. The third-order valence-electron chi connectivity index (χ3n) is 5.58. The summed E-state index contributed by atoms with van der Waals surface area (Å²) in [7, 11) is 0. The number of carbonyl (C=O) groups is 1. The molecule has 7 heteroatoms. The van der Waals surface area contributed by atoms with Gasteiger partial charge in [0, 0.05) is 35.5 Å². The van der Waals surface area contributed by atoms with Crippen LogP contribution in [0.3, 0.4) is 0 Å². The minimum atomic E-state index is -0.219. The first-order valence-corrected chi connectivity index (χ1v) is 11.5. The maximum Gasteiger partial charge on any atom is 0.264 e. The van der Waals surface area contributed by atoms with E-state index >= 15 is 0 Å². The zero-order chi connectivity index (χ0) is 22.0. The molecule has 0 radical (unpaired) electrons. The SMILES string of the molecule is Cc1cc(C)cc(OCC(=O)Nc2nc(-c3cc(C)n(C[C@H]4CCCO4)c3C)cs2)c1. The number of anilines is 1. The molecule has 0 aliphatic carbocycles. The lowest BCUT2D eigenvalue weighted by Crippen LogP contribution is -2.20.